The van der Waals surface area contributed by atoms with Crippen molar-refractivity contribution >= 4 is 11.8 Å². The number of aromatic nitrogens is 2. The quantitative estimate of drug-likeness (QED) is 0.734. The molecule has 8 nitrogen and oxygen atoms in total. The topological polar surface area (TPSA) is 94.5 Å². The van der Waals surface area contributed by atoms with Gasteiger partial charge in [0.15, 0.2) is 11.5 Å². The van der Waals surface area contributed by atoms with Crippen molar-refractivity contribution in [3.05, 3.63) is 41.2 Å². The minimum absolute atomic E-state index is 0.203. The Balaban J connectivity index is 1.87. The zero-order chi connectivity index (χ0) is 19.1. The van der Waals surface area contributed by atoms with Crippen LogP contribution in [-0.4, -0.2) is 35.3 Å². The molecule has 2 amide bonds. The number of hydrogen-bond donors (Lipinski definition) is 2. The van der Waals surface area contributed by atoms with E-state index in [1.807, 2.05) is 26.8 Å². The molecule has 2 rings (SSSR count). The van der Waals surface area contributed by atoms with E-state index in [-0.39, 0.29) is 12.3 Å². The molecule has 0 aliphatic heterocycles. The van der Waals surface area contributed by atoms with Gasteiger partial charge < -0.3 is 9.47 Å². The molecule has 0 aliphatic carbocycles. The maximum absolute atomic E-state index is 12.2. The maximum Gasteiger partial charge on any atom is 0.269 e. The van der Waals surface area contributed by atoms with Gasteiger partial charge in [-0.25, -0.2) is 0 Å². The summed E-state index contributed by atoms with van der Waals surface area (Å²) >= 11 is 0. The number of carbonyl (C=O) groups is 2. The summed E-state index contributed by atoms with van der Waals surface area (Å²) in [5.41, 5.74) is 7.04. The van der Waals surface area contributed by atoms with E-state index in [4.69, 9.17) is 9.47 Å². The van der Waals surface area contributed by atoms with Gasteiger partial charge in [0.05, 0.1) is 26.0 Å². The summed E-state index contributed by atoms with van der Waals surface area (Å²) < 4.78 is 12.4. The van der Waals surface area contributed by atoms with E-state index in [0.717, 1.165) is 11.4 Å². The predicted molar refractivity (Wildman–Crippen MR) is 96.1 cm³/mol. The lowest BCUT2D eigenvalue weighted by molar-refractivity contribution is -0.122. The van der Waals surface area contributed by atoms with Crippen LogP contribution in [0.5, 0.6) is 11.5 Å². The minimum atomic E-state index is -0.439. The molecule has 26 heavy (non-hydrogen) atoms. The lowest BCUT2D eigenvalue weighted by Crippen LogP contribution is -2.41. The third-order valence-electron chi connectivity index (χ3n) is 3.70. The van der Waals surface area contributed by atoms with Gasteiger partial charge in [-0.1, -0.05) is 0 Å². The Morgan fingerprint density at radius 2 is 1.92 bits per heavy atom. The van der Waals surface area contributed by atoms with Gasteiger partial charge in [0.2, 0.25) is 5.91 Å². The highest BCUT2D eigenvalue weighted by atomic mass is 16.5. The molecule has 0 bridgehead atoms. The number of carbonyl (C=O) groups excluding carboxylic acids is 2. The first-order valence-electron chi connectivity index (χ1n) is 8.35. The van der Waals surface area contributed by atoms with Crippen molar-refractivity contribution in [3.63, 3.8) is 0 Å². The van der Waals surface area contributed by atoms with Crippen LogP contribution in [0.3, 0.4) is 0 Å². The molecule has 2 aromatic rings. The Morgan fingerprint density at radius 3 is 2.54 bits per heavy atom. The molecule has 1 aromatic heterocycles. The summed E-state index contributed by atoms with van der Waals surface area (Å²) in [6.45, 7) is 6.63. The number of methoxy groups -OCH3 is 1. The largest absolute Gasteiger partial charge is 0.493 e. The standard InChI is InChI=1S/C18H24N4O4/c1-5-26-15-7-6-14(11-16(15)25-4)18(24)20-19-17(23)8-9-22-13(3)10-12(2)21-22/h6-7,10-11H,5,8-9H2,1-4H3,(H,19,23)(H,20,24). The van der Waals surface area contributed by atoms with Gasteiger partial charge in [-0.2, -0.15) is 5.10 Å². The fourth-order valence-corrected chi connectivity index (χ4v) is 2.45. The van der Waals surface area contributed by atoms with E-state index < -0.39 is 5.91 Å². The van der Waals surface area contributed by atoms with Crippen LogP contribution in [-0.2, 0) is 11.3 Å². The number of rotatable bonds is 7. The van der Waals surface area contributed by atoms with Gasteiger partial charge in [0.1, 0.15) is 0 Å². The molecule has 0 aliphatic rings. The van der Waals surface area contributed by atoms with E-state index in [2.05, 4.69) is 16.0 Å². The molecule has 0 fully saturated rings. The highest BCUT2D eigenvalue weighted by molar-refractivity contribution is 5.96. The smallest absolute Gasteiger partial charge is 0.269 e. The van der Waals surface area contributed by atoms with Gasteiger partial charge in [0.25, 0.3) is 5.91 Å². The molecule has 0 saturated carbocycles. The van der Waals surface area contributed by atoms with Crippen LogP contribution in [0.4, 0.5) is 0 Å². The second-order valence-electron chi connectivity index (χ2n) is 5.70. The van der Waals surface area contributed by atoms with Crippen molar-refractivity contribution in [1.29, 1.82) is 0 Å². The van der Waals surface area contributed by atoms with Crippen LogP contribution < -0.4 is 20.3 Å². The van der Waals surface area contributed by atoms with Crippen molar-refractivity contribution in [1.82, 2.24) is 20.6 Å². The van der Waals surface area contributed by atoms with Crippen LogP contribution >= 0.6 is 0 Å². The van der Waals surface area contributed by atoms with Crippen molar-refractivity contribution < 1.29 is 19.1 Å². The SMILES string of the molecule is CCOc1ccc(C(=O)NNC(=O)CCn2nc(C)cc2C)cc1OC. The van der Waals surface area contributed by atoms with Crippen molar-refractivity contribution in [2.24, 2.45) is 0 Å². The van der Waals surface area contributed by atoms with Gasteiger partial charge in [-0.15, -0.1) is 0 Å². The Hall–Kier alpha value is -3.03. The molecule has 0 unspecified atom stereocenters. The second kappa shape index (κ2) is 8.89. The molecule has 0 spiro atoms. The number of amides is 2. The molecule has 2 N–H and O–H groups in total. The predicted octanol–water partition coefficient (Wildman–Crippen LogP) is 1.76. The number of benzene rings is 1. The van der Waals surface area contributed by atoms with E-state index in [9.17, 15) is 9.59 Å². The summed E-state index contributed by atoms with van der Waals surface area (Å²) in [6.07, 6.45) is 0.203. The average molecular weight is 360 g/mol. The van der Waals surface area contributed by atoms with Gasteiger partial charge in [0, 0.05) is 17.7 Å². The van der Waals surface area contributed by atoms with Crippen molar-refractivity contribution in [2.45, 2.75) is 33.7 Å². The molecule has 140 valence electrons. The van der Waals surface area contributed by atoms with E-state index in [1.54, 1.807) is 22.9 Å². The molecular weight excluding hydrogens is 336 g/mol. The second-order valence-corrected chi connectivity index (χ2v) is 5.70. The molecule has 8 heteroatoms. The van der Waals surface area contributed by atoms with Crippen LogP contribution in [0.25, 0.3) is 0 Å². The molecule has 0 saturated heterocycles. The van der Waals surface area contributed by atoms with Crippen LogP contribution in [0.2, 0.25) is 0 Å². The third kappa shape index (κ3) is 4.98. The van der Waals surface area contributed by atoms with E-state index in [0.29, 0.717) is 30.2 Å². The summed E-state index contributed by atoms with van der Waals surface area (Å²) in [7, 11) is 1.50. The van der Waals surface area contributed by atoms with Crippen molar-refractivity contribution in [3.8, 4) is 11.5 Å². The van der Waals surface area contributed by atoms with Crippen LogP contribution in [0.15, 0.2) is 24.3 Å². The average Bonchev–Trinajstić information content (AvgIpc) is 2.95. The Bertz CT molecular complexity index is 785. The fraction of sp³-hybridized carbons (Fsp3) is 0.389. The number of nitrogens with zero attached hydrogens (tertiary/aromatic N) is 2. The highest BCUT2D eigenvalue weighted by Crippen LogP contribution is 2.27. The minimum Gasteiger partial charge on any atom is -0.493 e. The Morgan fingerprint density at radius 1 is 1.15 bits per heavy atom. The fourth-order valence-electron chi connectivity index (χ4n) is 2.45. The van der Waals surface area contributed by atoms with Crippen molar-refractivity contribution in [2.75, 3.05) is 13.7 Å². The van der Waals surface area contributed by atoms with E-state index >= 15 is 0 Å². The lowest BCUT2D eigenvalue weighted by atomic mass is 10.2. The first kappa shape index (κ1) is 19.3. The van der Waals surface area contributed by atoms with Gasteiger partial charge >= 0.3 is 0 Å². The van der Waals surface area contributed by atoms with Gasteiger partial charge in [-0.05, 0) is 45.0 Å². The molecular formula is C18H24N4O4. The molecule has 1 aromatic carbocycles. The first-order chi connectivity index (χ1) is 12.4. The summed E-state index contributed by atoms with van der Waals surface area (Å²) in [5, 5.41) is 4.29. The zero-order valence-corrected chi connectivity index (χ0v) is 15.5. The maximum atomic E-state index is 12.2. The number of ether oxygens (including phenoxy) is 2. The Labute approximate surface area is 152 Å². The summed E-state index contributed by atoms with van der Waals surface area (Å²) in [4.78, 5) is 24.1. The van der Waals surface area contributed by atoms with Crippen LogP contribution in [0.1, 0.15) is 35.1 Å². The third-order valence-corrected chi connectivity index (χ3v) is 3.70. The zero-order valence-electron chi connectivity index (χ0n) is 15.5. The Kier molecular flexibility index (Phi) is 6.60. The number of aryl methyl sites for hydroxylation is 3. The monoisotopic (exact) mass is 360 g/mol. The lowest BCUT2D eigenvalue weighted by Gasteiger charge is -2.12. The summed E-state index contributed by atoms with van der Waals surface area (Å²) in [6, 6.07) is 6.76. The first-order valence-corrected chi connectivity index (χ1v) is 8.35. The van der Waals surface area contributed by atoms with E-state index in [1.165, 1.54) is 7.11 Å². The summed E-state index contributed by atoms with van der Waals surface area (Å²) in [5.74, 6) is 0.269. The molecule has 0 radical (unpaired) electrons. The number of hydrogen-bond acceptors (Lipinski definition) is 5. The number of nitrogens with one attached hydrogen (secondary N) is 2. The highest BCUT2D eigenvalue weighted by Gasteiger charge is 2.12. The number of hydrazine groups is 1. The molecule has 1 heterocycles. The van der Waals surface area contributed by atoms with Gasteiger partial charge in [-0.3, -0.25) is 25.1 Å². The normalized spacial score (nSPS) is 10.3. The molecule has 0 atom stereocenters. The van der Waals surface area contributed by atoms with Crippen LogP contribution in [0, 0.1) is 13.8 Å².